The third-order valence-electron chi connectivity index (χ3n) is 6.04. The van der Waals surface area contributed by atoms with Gasteiger partial charge in [-0.25, -0.2) is 0 Å². The number of methoxy groups -OCH3 is 2. The van der Waals surface area contributed by atoms with Crippen molar-refractivity contribution in [2.75, 3.05) is 52.3 Å². The van der Waals surface area contributed by atoms with Gasteiger partial charge in [0.25, 0.3) is 5.91 Å². The molecule has 3 aromatic rings. The van der Waals surface area contributed by atoms with Gasteiger partial charge >= 0.3 is 0 Å². The molecule has 1 amide bonds. The second-order valence-corrected chi connectivity index (χ2v) is 8.12. The SMILES string of the molecule is COc1ccc(C[NH+]2CC[NH+](CC(=O)Nc3cccc4ccccc34)CC2)cc1OC. The van der Waals surface area contributed by atoms with Crippen LogP contribution in [0.1, 0.15) is 5.56 Å². The van der Waals surface area contributed by atoms with Gasteiger partial charge in [0.15, 0.2) is 18.0 Å². The standard InChI is InChI=1S/C25H29N3O3/c1-30-23-11-10-19(16-24(23)31-2)17-27-12-14-28(15-13-27)18-25(29)26-22-9-5-7-20-6-3-4-8-21(20)22/h3-11,16H,12-15,17-18H2,1-2H3,(H,26,29)/p+2. The Morgan fingerprint density at radius 3 is 2.35 bits per heavy atom. The molecule has 4 rings (SSSR count). The van der Waals surface area contributed by atoms with E-state index >= 15 is 0 Å². The van der Waals surface area contributed by atoms with Crippen molar-refractivity contribution in [3.8, 4) is 11.5 Å². The summed E-state index contributed by atoms with van der Waals surface area (Å²) in [7, 11) is 3.32. The summed E-state index contributed by atoms with van der Waals surface area (Å²) in [5, 5.41) is 5.33. The Labute approximate surface area is 183 Å². The summed E-state index contributed by atoms with van der Waals surface area (Å²) in [6.07, 6.45) is 0. The van der Waals surface area contributed by atoms with E-state index in [4.69, 9.17) is 9.47 Å². The van der Waals surface area contributed by atoms with Crippen molar-refractivity contribution < 1.29 is 24.1 Å². The predicted octanol–water partition coefficient (Wildman–Crippen LogP) is 0.779. The molecule has 1 fully saturated rings. The van der Waals surface area contributed by atoms with Gasteiger partial charge < -0.3 is 24.6 Å². The fraction of sp³-hybridized carbons (Fsp3) is 0.320. The number of piperazine rings is 1. The van der Waals surface area contributed by atoms with Crippen LogP contribution in [0, 0.1) is 0 Å². The molecule has 6 heteroatoms. The van der Waals surface area contributed by atoms with Crippen molar-refractivity contribution in [3.63, 3.8) is 0 Å². The van der Waals surface area contributed by atoms with Gasteiger partial charge in [-0.3, -0.25) is 4.79 Å². The molecule has 0 bridgehead atoms. The van der Waals surface area contributed by atoms with Gasteiger partial charge in [-0.1, -0.05) is 36.4 Å². The average molecular weight is 422 g/mol. The topological polar surface area (TPSA) is 56.4 Å². The minimum atomic E-state index is 0.0784. The lowest BCUT2D eigenvalue weighted by Crippen LogP contribution is -3.28. The van der Waals surface area contributed by atoms with Gasteiger partial charge in [-0.15, -0.1) is 0 Å². The molecular formula is C25H31N3O3+2. The number of hydrogen-bond acceptors (Lipinski definition) is 3. The average Bonchev–Trinajstić information content (AvgIpc) is 2.80. The second-order valence-electron chi connectivity index (χ2n) is 8.12. The molecule has 0 spiro atoms. The van der Waals surface area contributed by atoms with E-state index in [1.54, 1.807) is 14.2 Å². The first kappa shape index (κ1) is 21.2. The first-order chi connectivity index (χ1) is 15.2. The number of quaternary nitrogens is 2. The Kier molecular flexibility index (Phi) is 6.70. The Hall–Kier alpha value is -3.09. The summed E-state index contributed by atoms with van der Waals surface area (Å²) < 4.78 is 10.7. The fourth-order valence-corrected chi connectivity index (χ4v) is 4.35. The molecule has 0 unspecified atom stereocenters. The molecular weight excluding hydrogens is 390 g/mol. The van der Waals surface area contributed by atoms with Crippen LogP contribution in [0.25, 0.3) is 10.8 Å². The molecule has 6 nitrogen and oxygen atoms in total. The Balaban J connectivity index is 1.28. The highest BCUT2D eigenvalue weighted by Gasteiger charge is 2.25. The van der Waals surface area contributed by atoms with Crippen LogP contribution in [0.2, 0.25) is 0 Å². The van der Waals surface area contributed by atoms with E-state index in [9.17, 15) is 4.79 Å². The van der Waals surface area contributed by atoms with Crippen LogP contribution in [0.5, 0.6) is 11.5 Å². The highest BCUT2D eigenvalue weighted by Crippen LogP contribution is 2.27. The van der Waals surface area contributed by atoms with Crippen LogP contribution in [-0.2, 0) is 11.3 Å². The molecule has 0 aromatic heterocycles. The maximum absolute atomic E-state index is 12.7. The van der Waals surface area contributed by atoms with Crippen LogP contribution in [0.3, 0.4) is 0 Å². The quantitative estimate of drug-likeness (QED) is 0.529. The number of carbonyl (C=O) groups is 1. The summed E-state index contributed by atoms with van der Waals surface area (Å²) in [5.41, 5.74) is 2.13. The predicted molar refractivity (Wildman–Crippen MR) is 122 cm³/mol. The van der Waals surface area contributed by atoms with E-state index in [0.717, 1.165) is 60.7 Å². The normalized spacial score (nSPS) is 18.5. The highest BCUT2D eigenvalue weighted by molar-refractivity contribution is 6.02. The molecule has 3 aromatic carbocycles. The number of fused-ring (bicyclic) bond motifs is 1. The number of benzene rings is 3. The molecule has 1 saturated heterocycles. The molecule has 0 aliphatic carbocycles. The van der Waals surface area contributed by atoms with Crippen molar-refractivity contribution in [3.05, 3.63) is 66.2 Å². The Morgan fingerprint density at radius 2 is 1.58 bits per heavy atom. The van der Waals surface area contributed by atoms with Gasteiger partial charge in [0.05, 0.1) is 14.2 Å². The number of nitrogens with one attached hydrogen (secondary N) is 3. The molecule has 31 heavy (non-hydrogen) atoms. The van der Waals surface area contributed by atoms with Crippen LogP contribution in [0.15, 0.2) is 60.7 Å². The smallest absolute Gasteiger partial charge is 0.279 e. The maximum Gasteiger partial charge on any atom is 0.279 e. The van der Waals surface area contributed by atoms with Crippen molar-refractivity contribution in [1.29, 1.82) is 0 Å². The summed E-state index contributed by atoms with van der Waals surface area (Å²) in [6.45, 7) is 5.54. The first-order valence-corrected chi connectivity index (χ1v) is 10.8. The van der Waals surface area contributed by atoms with E-state index in [-0.39, 0.29) is 5.91 Å². The fourth-order valence-electron chi connectivity index (χ4n) is 4.35. The van der Waals surface area contributed by atoms with Crippen molar-refractivity contribution in [2.24, 2.45) is 0 Å². The van der Waals surface area contributed by atoms with Crippen molar-refractivity contribution in [2.45, 2.75) is 6.54 Å². The summed E-state index contributed by atoms with van der Waals surface area (Å²) in [5.74, 6) is 1.61. The molecule has 1 heterocycles. The molecule has 1 aliphatic rings. The monoisotopic (exact) mass is 421 g/mol. The van der Waals surface area contributed by atoms with Crippen LogP contribution >= 0.6 is 0 Å². The second kappa shape index (κ2) is 9.81. The zero-order chi connectivity index (χ0) is 21.6. The largest absolute Gasteiger partial charge is 0.493 e. The number of rotatable bonds is 7. The van der Waals surface area contributed by atoms with Crippen LogP contribution < -0.4 is 24.6 Å². The third-order valence-corrected chi connectivity index (χ3v) is 6.04. The molecule has 1 aliphatic heterocycles. The zero-order valence-electron chi connectivity index (χ0n) is 18.2. The maximum atomic E-state index is 12.7. The summed E-state index contributed by atoms with van der Waals surface area (Å²) in [6, 6.07) is 20.3. The molecule has 3 N–H and O–H groups in total. The minimum absolute atomic E-state index is 0.0784. The van der Waals surface area contributed by atoms with E-state index in [1.165, 1.54) is 15.4 Å². The molecule has 0 atom stereocenters. The minimum Gasteiger partial charge on any atom is -0.493 e. The zero-order valence-corrected chi connectivity index (χ0v) is 18.2. The lowest BCUT2D eigenvalue weighted by atomic mass is 10.1. The van der Waals surface area contributed by atoms with Gasteiger partial charge in [0, 0.05) is 16.6 Å². The van der Waals surface area contributed by atoms with E-state index in [0.29, 0.717) is 6.54 Å². The highest BCUT2D eigenvalue weighted by atomic mass is 16.5. The Morgan fingerprint density at radius 1 is 0.871 bits per heavy atom. The van der Waals surface area contributed by atoms with Crippen LogP contribution in [-0.4, -0.2) is 52.9 Å². The van der Waals surface area contributed by atoms with E-state index in [1.807, 2.05) is 36.4 Å². The third kappa shape index (κ3) is 5.16. The number of carbonyl (C=O) groups excluding carboxylic acids is 1. The molecule has 162 valence electrons. The summed E-state index contributed by atoms with van der Waals surface area (Å²) >= 11 is 0. The van der Waals surface area contributed by atoms with Gasteiger partial charge in [0.1, 0.15) is 32.7 Å². The number of anilines is 1. The lowest BCUT2D eigenvalue weighted by Gasteiger charge is -2.29. The van der Waals surface area contributed by atoms with Crippen molar-refractivity contribution >= 4 is 22.4 Å². The van der Waals surface area contributed by atoms with Gasteiger partial charge in [0.2, 0.25) is 0 Å². The number of amides is 1. The Bertz CT molecular complexity index is 1040. The first-order valence-electron chi connectivity index (χ1n) is 10.8. The van der Waals surface area contributed by atoms with Gasteiger partial charge in [-0.05, 0) is 29.7 Å². The summed E-state index contributed by atoms with van der Waals surface area (Å²) in [4.78, 5) is 15.5. The molecule has 0 saturated carbocycles. The van der Waals surface area contributed by atoms with Gasteiger partial charge in [-0.2, -0.15) is 0 Å². The van der Waals surface area contributed by atoms with Crippen molar-refractivity contribution in [1.82, 2.24) is 0 Å². The lowest BCUT2D eigenvalue weighted by molar-refractivity contribution is -1.02. The number of ether oxygens (including phenoxy) is 2. The van der Waals surface area contributed by atoms with E-state index < -0.39 is 0 Å². The van der Waals surface area contributed by atoms with Crippen LogP contribution in [0.4, 0.5) is 5.69 Å². The van der Waals surface area contributed by atoms with E-state index in [2.05, 4.69) is 29.6 Å². The molecule has 0 radical (unpaired) electrons. The number of hydrogen-bond donors (Lipinski definition) is 3.